The van der Waals surface area contributed by atoms with Crippen LogP contribution in [-0.2, 0) is 21.2 Å². The standard InChI is InChI=1S/C19H22ClFN2O3S/c1-2-13-23(27(25,26)18-9-7-17(21)8-10-18)14-19(24)22-12-11-15-3-5-16(20)6-4-15/h3-10H,2,11-14H2,1H3,(H,22,24). The molecule has 1 amide bonds. The van der Waals surface area contributed by atoms with E-state index in [1.165, 1.54) is 12.1 Å². The van der Waals surface area contributed by atoms with Gasteiger partial charge in [-0.05, 0) is 54.8 Å². The van der Waals surface area contributed by atoms with E-state index in [2.05, 4.69) is 5.32 Å². The van der Waals surface area contributed by atoms with E-state index < -0.39 is 15.8 Å². The highest BCUT2D eigenvalue weighted by atomic mass is 35.5. The molecule has 0 heterocycles. The second kappa shape index (κ2) is 9.82. The Hall–Kier alpha value is -1.96. The molecule has 27 heavy (non-hydrogen) atoms. The Balaban J connectivity index is 1.96. The number of carbonyl (C=O) groups is 1. The first-order valence-electron chi connectivity index (χ1n) is 8.60. The molecule has 5 nitrogen and oxygen atoms in total. The fraction of sp³-hybridized carbons (Fsp3) is 0.316. The summed E-state index contributed by atoms with van der Waals surface area (Å²) < 4.78 is 39.6. The molecule has 0 aliphatic heterocycles. The van der Waals surface area contributed by atoms with Crippen molar-refractivity contribution in [2.24, 2.45) is 0 Å². The lowest BCUT2D eigenvalue weighted by molar-refractivity contribution is -0.121. The lowest BCUT2D eigenvalue weighted by Gasteiger charge is -2.21. The fourth-order valence-corrected chi connectivity index (χ4v) is 4.12. The number of sulfonamides is 1. The van der Waals surface area contributed by atoms with Crippen molar-refractivity contribution in [3.05, 3.63) is 64.9 Å². The summed E-state index contributed by atoms with van der Waals surface area (Å²) in [4.78, 5) is 12.2. The van der Waals surface area contributed by atoms with Crippen molar-refractivity contribution in [3.63, 3.8) is 0 Å². The van der Waals surface area contributed by atoms with Crippen LogP contribution in [0.5, 0.6) is 0 Å². The van der Waals surface area contributed by atoms with Gasteiger partial charge in [0.15, 0.2) is 0 Å². The summed E-state index contributed by atoms with van der Waals surface area (Å²) in [7, 11) is -3.87. The molecule has 0 radical (unpaired) electrons. The maximum absolute atomic E-state index is 13.1. The Morgan fingerprint density at radius 2 is 1.74 bits per heavy atom. The van der Waals surface area contributed by atoms with Crippen LogP contribution in [0.3, 0.4) is 0 Å². The van der Waals surface area contributed by atoms with Gasteiger partial charge in [0.05, 0.1) is 11.4 Å². The van der Waals surface area contributed by atoms with Crippen molar-refractivity contribution < 1.29 is 17.6 Å². The Bertz CT molecular complexity index is 856. The molecule has 0 saturated carbocycles. The summed E-state index contributed by atoms with van der Waals surface area (Å²) in [6, 6.07) is 11.9. The van der Waals surface area contributed by atoms with Crippen LogP contribution >= 0.6 is 11.6 Å². The predicted molar refractivity (Wildman–Crippen MR) is 104 cm³/mol. The molecule has 0 aliphatic carbocycles. The summed E-state index contributed by atoms with van der Waals surface area (Å²) >= 11 is 5.83. The summed E-state index contributed by atoms with van der Waals surface area (Å²) in [6.07, 6.45) is 1.17. The normalized spacial score (nSPS) is 11.6. The molecule has 0 saturated heterocycles. The molecule has 2 aromatic carbocycles. The van der Waals surface area contributed by atoms with E-state index in [0.29, 0.717) is 24.4 Å². The van der Waals surface area contributed by atoms with Crippen molar-refractivity contribution in [1.82, 2.24) is 9.62 Å². The largest absolute Gasteiger partial charge is 0.355 e. The number of halogens is 2. The summed E-state index contributed by atoms with van der Waals surface area (Å²) in [5.41, 5.74) is 1.02. The first-order chi connectivity index (χ1) is 12.8. The van der Waals surface area contributed by atoms with Gasteiger partial charge in [0.2, 0.25) is 15.9 Å². The lowest BCUT2D eigenvalue weighted by Crippen LogP contribution is -2.41. The first kappa shape index (κ1) is 21.3. The van der Waals surface area contributed by atoms with Gasteiger partial charge in [0.25, 0.3) is 0 Å². The van der Waals surface area contributed by atoms with Crippen molar-refractivity contribution >= 4 is 27.5 Å². The van der Waals surface area contributed by atoms with Crippen molar-refractivity contribution in [2.45, 2.75) is 24.7 Å². The van der Waals surface area contributed by atoms with Crippen molar-refractivity contribution in [2.75, 3.05) is 19.6 Å². The highest BCUT2D eigenvalue weighted by Gasteiger charge is 2.25. The molecule has 2 aromatic rings. The number of nitrogens with one attached hydrogen (secondary N) is 1. The monoisotopic (exact) mass is 412 g/mol. The van der Waals surface area contributed by atoms with Gasteiger partial charge >= 0.3 is 0 Å². The van der Waals surface area contributed by atoms with E-state index in [0.717, 1.165) is 22.0 Å². The van der Waals surface area contributed by atoms with Crippen LogP contribution in [0.25, 0.3) is 0 Å². The molecular formula is C19H22ClFN2O3S. The molecule has 0 unspecified atom stereocenters. The Kier molecular flexibility index (Phi) is 7.77. The number of hydrogen-bond acceptors (Lipinski definition) is 3. The van der Waals surface area contributed by atoms with Gasteiger partial charge in [0.1, 0.15) is 5.82 Å². The average Bonchev–Trinajstić information content (AvgIpc) is 2.63. The molecule has 0 bridgehead atoms. The Morgan fingerprint density at radius 1 is 1.11 bits per heavy atom. The van der Waals surface area contributed by atoms with Crippen LogP contribution in [0.2, 0.25) is 5.02 Å². The molecule has 0 fully saturated rings. The first-order valence-corrected chi connectivity index (χ1v) is 10.4. The number of nitrogens with zero attached hydrogens (tertiary/aromatic N) is 1. The van der Waals surface area contributed by atoms with E-state index in [4.69, 9.17) is 11.6 Å². The van der Waals surface area contributed by atoms with Crippen molar-refractivity contribution in [1.29, 1.82) is 0 Å². The fourth-order valence-electron chi connectivity index (χ4n) is 2.50. The van der Waals surface area contributed by atoms with Gasteiger partial charge < -0.3 is 5.32 Å². The minimum Gasteiger partial charge on any atom is -0.355 e. The van der Waals surface area contributed by atoms with Gasteiger partial charge in [-0.3, -0.25) is 4.79 Å². The maximum Gasteiger partial charge on any atom is 0.243 e. The molecule has 8 heteroatoms. The maximum atomic E-state index is 13.1. The van der Waals surface area contributed by atoms with E-state index in [1.54, 1.807) is 12.1 Å². The third-order valence-corrected chi connectivity index (χ3v) is 6.00. The molecule has 1 N–H and O–H groups in total. The predicted octanol–water partition coefficient (Wildman–Crippen LogP) is 3.24. The van der Waals surface area contributed by atoms with E-state index >= 15 is 0 Å². The van der Waals surface area contributed by atoms with E-state index in [1.807, 2.05) is 19.1 Å². The molecule has 0 atom stereocenters. The SMILES string of the molecule is CCCN(CC(=O)NCCc1ccc(Cl)cc1)S(=O)(=O)c1ccc(F)cc1. The minimum absolute atomic E-state index is 0.0358. The zero-order valence-electron chi connectivity index (χ0n) is 15.0. The summed E-state index contributed by atoms with van der Waals surface area (Å²) in [5.74, 6) is -0.904. The zero-order chi connectivity index (χ0) is 19.9. The van der Waals surface area contributed by atoms with Crippen LogP contribution in [0, 0.1) is 5.82 Å². The van der Waals surface area contributed by atoms with Gasteiger partial charge in [-0.2, -0.15) is 4.31 Å². The average molecular weight is 413 g/mol. The molecule has 0 aromatic heterocycles. The van der Waals surface area contributed by atoms with Crippen LogP contribution in [0.4, 0.5) is 4.39 Å². The van der Waals surface area contributed by atoms with Crippen LogP contribution in [0.1, 0.15) is 18.9 Å². The second-order valence-corrected chi connectivity index (χ2v) is 8.39. The highest BCUT2D eigenvalue weighted by molar-refractivity contribution is 7.89. The molecule has 146 valence electrons. The van der Waals surface area contributed by atoms with Crippen molar-refractivity contribution in [3.8, 4) is 0 Å². The molecule has 0 aliphatic rings. The molecule has 2 rings (SSSR count). The third-order valence-electron chi connectivity index (χ3n) is 3.89. The van der Waals surface area contributed by atoms with Crippen LogP contribution < -0.4 is 5.32 Å². The topological polar surface area (TPSA) is 66.5 Å². The minimum atomic E-state index is -3.87. The molecule has 0 spiro atoms. The second-order valence-electron chi connectivity index (χ2n) is 6.02. The van der Waals surface area contributed by atoms with Crippen LogP contribution in [-0.4, -0.2) is 38.3 Å². The van der Waals surface area contributed by atoms with Gasteiger partial charge in [-0.1, -0.05) is 30.7 Å². The van der Waals surface area contributed by atoms with E-state index in [9.17, 15) is 17.6 Å². The van der Waals surface area contributed by atoms with Gasteiger partial charge in [0, 0.05) is 18.1 Å². The highest BCUT2D eigenvalue weighted by Crippen LogP contribution is 2.16. The van der Waals surface area contributed by atoms with Gasteiger partial charge in [-0.25, -0.2) is 12.8 Å². The van der Waals surface area contributed by atoms with Crippen LogP contribution in [0.15, 0.2) is 53.4 Å². The summed E-state index contributed by atoms with van der Waals surface area (Å²) in [5, 5.41) is 3.37. The summed E-state index contributed by atoms with van der Waals surface area (Å²) in [6.45, 7) is 2.13. The smallest absolute Gasteiger partial charge is 0.243 e. The van der Waals surface area contributed by atoms with E-state index in [-0.39, 0.29) is 23.9 Å². The zero-order valence-corrected chi connectivity index (χ0v) is 16.6. The Morgan fingerprint density at radius 3 is 2.33 bits per heavy atom. The lowest BCUT2D eigenvalue weighted by atomic mass is 10.1. The molecular weight excluding hydrogens is 391 g/mol. The quantitative estimate of drug-likeness (QED) is 0.687. The third kappa shape index (κ3) is 6.30. The number of benzene rings is 2. The van der Waals surface area contributed by atoms with Gasteiger partial charge in [-0.15, -0.1) is 0 Å². The number of carbonyl (C=O) groups excluding carboxylic acids is 1. The number of hydrogen-bond donors (Lipinski definition) is 1. The number of amides is 1. The number of rotatable bonds is 9. The Labute approximate surface area is 164 Å².